The number of nitrogen functional groups attached to an aromatic ring is 1. The van der Waals surface area contributed by atoms with Crippen molar-refractivity contribution in [3.8, 4) is 5.75 Å². The van der Waals surface area contributed by atoms with Crippen LogP contribution in [-0.4, -0.2) is 17.8 Å². The fourth-order valence-corrected chi connectivity index (χ4v) is 2.51. The molecule has 0 saturated carbocycles. The molecule has 1 atom stereocenters. The Hall–Kier alpha value is -1.36. The van der Waals surface area contributed by atoms with Gasteiger partial charge in [0.25, 0.3) is 5.91 Å². The monoisotopic (exact) mass is 252 g/mol. The van der Waals surface area contributed by atoms with Gasteiger partial charge in [0.1, 0.15) is 5.75 Å². The number of hydrogen-bond acceptors (Lipinski definition) is 4. The van der Waals surface area contributed by atoms with Crippen molar-refractivity contribution >= 4 is 29.0 Å². The van der Waals surface area contributed by atoms with Crippen molar-refractivity contribution in [2.24, 2.45) is 0 Å². The third-order valence-corrected chi connectivity index (χ3v) is 3.99. The first-order chi connectivity index (χ1) is 8.10. The number of carbonyl (C=O) groups is 1. The van der Waals surface area contributed by atoms with Gasteiger partial charge >= 0.3 is 0 Å². The fourth-order valence-electron chi connectivity index (χ4n) is 1.52. The van der Waals surface area contributed by atoms with Gasteiger partial charge in [0.05, 0.1) is 5.69 Å². The van der Waals surface area contributed by atoms with E-state index in [4.69, 9.17) is 10.5 Å². The molecule has 1 unspecified atom stereocenters. The fraction of sp³-hybridized carbons (Fsp3) is 0.417. The molecule has 0 aromatic heterocycles. The number of carbonyl (C=O) groups excluding carboxylic acids is 1. The Balaban J connectivity index is 2.29. The van der Waals surface area contributed by atoms with Crippen molar-refractivity contribution in [2.75, 3.05) is 17.7 Å². The molecule has 3 N–H and O–H groups in total. The minimum absolute atomic E-state index is 0.0598. The van der Waals surface area contributed by atoms with Crippen LogP contribution in [0.15, 0.2) is 17.0 Å². The second-order valence-electron chi connectivity index (χ2n) is 4.06. The number of amides is 1. The van der Waals surface area contributed by atoms with Crippen LogP contribution in [0.5, 0.6) is 5.75 Å². The summed E-state index contributed by atoms with van der Waals surface area (Å²) in [6.45, 7) is 4.35. The van der Waals surface area contributed by atoms with Gasteiger partial charge in [-0.25, -0.2) is 0 Å². The summed E-state index contributed by atoms with van der Waals surface area (Å²) in [7, 11) is 0. The number of thioether (sulfide) groups is 1. The summed E-state index contributed by atoms with van der Waals surface area (Å²) in [6, 6.07) is 3.66. The maximum Gasteiger partial charge on any atom is 0.262 e. The summed E-state index contributed by atoms with van der Waals surface area (Å²) in [5.41, 5.74) is 7.38. The van der Waals surface area contributed by atoms with Crippen LogP contribution in [0.25, 0.3) is 0 Å². The number of nitrogens with one attached hydrogen (secondary N) is 1. The first-order valence-electron chi connectivity index (χ1n) is 5.63. The van der Waals surface area contributed by atoms with E-state index in [-0.39, 0.29) is 12.5 Å². The van der Waals surface area contributed by atoms with E-state index in [1.807, 2.05) is 6.07 Å². The van der Waals surface area contributed by atoms with Gasteiger partial charge in [-0.1, -0.05) is 13.8 Å². The molecule has 1 heterocycles. The van der Waals surface area contributed by atoms with Gasteiger partial charge in [0.15, 0.2) is 6.61 Å². The molecule has 0 saturated heterocycles. The van der Waals surface area contributed by atoms with Crippen LogP contribution < -0.4 is 15.8 Å². The summed E-state index contributed by atoms with van der Waals surface area (Å²) in [5, 5.41) is 3.28. The lowest BCUT2D eigenvalue weighted by atomic mass is 10.2. The lowest BCUT2D eigenvalue weighted by Crippen LogP contribution is -2.25. The van der Waals surface area contributed by atoms with E-state index in [0.29, 0.717) is 22.4 Å². The van der Waals surface area contributed by atoms with Crippen molar-refractivity contribution in [1.29, 1.82) is 0 Å². The molecular formula is C12H16N2O2S. The molecule has 0 radical (unpaired) electrons. The van der Waals surface area contributed by atoms with Gasteiger partial charge in [-0.2, -0.15) is 0 Å². The van der Waals surface area contributed by atoms with E-state index in [0.717, 1.165) is 11.3 Å². The number of anilines is 2. The highest BCUT2D eigenvalue weighted by Gasteiger charge is 2.18. The number of nitrogens with two attached hydrogens (primary N) is 1. The average Bonchev–Trinajstić information content (AvgIpc) is 2.30. The van der Waals surface area contributed by atoms with Crippen LogP contribution in [-0.2, 0) is 4.79 Å². The lowest BCUT2D eigenvalue weighted by Gasteiger charge is -2.20. The molecule has 1 aliphatic heterocycles. The third kappa shape index (κ3) is 2.66. The van der Waals surface area contributed by atoms with Gasteiger partial charge < -0.3 is 15.8 Å². The minimum atomic E-state index is -0.123. The highest BCUT2D eigenvalue weighted by atomic mass is 32.2. The van der Waals surface area contributed by atoms with E-state index in [1.165, 1.54) is 0 Å². The molecule has 0 bridgehead atoms. The van der Waals surface area contributed by atoms with Gasteiger partial charge in [0, 0.05) is 21.9 Å². The van der Waals surface area contributed by atoms with Gasteiger partial charge in [-0.15, -0.1) is 11.8 Å². The van der Waals surface area contributed by atoms with Crippen LogP contribution in [0, 0.1) is 0 Å². The molecule has 17 heavy (non-hydrogen) atoms. The molecule has 1 aliphatic rings. The quantitative estimate of drug-likeness (QED) is 0.641. The minimum Gasteiger partial charge on any atom is -0.482 e. The molecule has 4 nitrogen and oxygen atoms in total. The Bertz CT molecular complexity index is 448. The largest absolute Gasteiger partial charge is 0.482 e. The molecule has 1 aromatic rings. The Labute approximate surface area is 105 Å². The molecule has 2 rings (SSSR count). The Morgan fingerprint density at radius 1 is 1.59 bits per heavy atom. The second kappa shape index (κ2) is 4.87. The van der Waals surface area contributed by atoms with E-state index >= 15 is 0 Å². The molecule has 0 aliphatic carbocycles. The Kier molecular flexibility index (Phi) is 3.47. The number of rotatable bonds is 3. The molecule has 0 fully saturated rings. The Morgan fingerprint density at radius 3 is 3.06 bits per heavy atom. The topological polar surface area (TPSA) is 64.3 Å². The van der Waals surface area contributed by atoms with Crippen molar-refractivity contribution in [2.45, 2.75) is 30.4 Å². The molecule has 0 spiro atoms. The normalized spacial score (nSPS) is 15.8. The van der Waals surface area contributed by atoms with Gasteiger partial charge in [-0.05, 0) is 12.5 Å². The number of fused-ring (bicyclic) bond motifs is 1. The lowest BCUT2D eigenvalue weighted by molar-refractivity contribution is -0.118. The van der Waals surface area contributed by atoms with Crippen molar-refractivity contribution in [3.63, 3.8) is 0 Å². The van der Waals surface area contributed by atoms with Crippen LogP contribution in [0.1, 0.15) is 20.3 Å². The van der Waals surface area contributed by atoms with Crippen LogP contribution in [0.4, 0.5) is 11.4 Å². The van der Waals surface area contributed by atoms with Crippen LogP contribution >= 0.6 is 11.8 Å². The molecular weight excluding hydrogens is 236 g/mol. The SMILES string of the molecule is CCC(C)Sc1cc2c(cc1N)OCC(=O)N2. The van der Waals surface area contributed by atoms with E-state index in [2.05, 4.69) is 19.2 Å². The van der Waals surface area contributed by atoms with Crippen LogP contribution in [0.3, 0.4) is 0 Å². The predicted molar refractivity (Wildman–Crippen MR) is 70.6 cm³/mol. The van der Waals surface area contributed by atoms with Crippen molar-refractivity contribution in [1.82, 2.24) is 0 Å². The smallest absolute Gasteiger partial charge is 0.262 e. The third-order valence-electron chi connectivity index (χ3n) is 2.65. The molecule has 1 aromatic carbocycles. The zero-order valence-electron chi connectivity index (χ0n) is 9.95. The van der Waals surface area contributed by atoms with Crippen molar-refractivity contribution in [3.05, 3.63) is 12.1 Å². The van der Waals surface area contributed by atoms with Crippen LogP contribution in [0.2, 0.25) is 0 Å². The zero-order chi connectivity index (χ0) is 12.4. The highest BCUT2D eigenvalue weighted by Crippen LogP contribution is 2.38. The van der Waals surface area contributed by atoms with Gasteiger partial charge in [0.2, 0.25) is 0 Å². The summed E-state index contributed by atoms with van der Waals surface area (Å²) in [4.78, 5) is 12.2. The first-order valence-corrected chi connectivity index (χ1v) is 6.51. The van der Waals surface area contributed by atoms with E-state index in [9.17, 15) is 4.79 Å². The summed E-state index contributed by atoms with van der Waals surface area (Å²) in [5.74, 6) is 0.525. The number of hydrogen-bond donors (Lipinski definition) is 2. The summed E-state index contributed by atoms with van der Waals surface area (Å²) < 4.78 is 5.30. The summed E-state index contributed by atoms with van der Waals surface area (Å²) >= 11 is 1.71. The second-order valence-corrected chi connectivity index (χ2v) is 5.54. The Morgan fingerprint density at radius 2 is 2.35 bits per heavy atom. The van der Waals surface area contributed by atoms with Gasteiger partial charge in [-0.3, -0.25) is 4.79 Å². The molecule has 92 valence electrons. The highest BCUT2D eigenvalue weighted by molar-refractivity contribution is 8.00. The number of benzene rings is 1. The summed E-state index contributed by atoms with van der Waals surface area (Å²) in [6.07, 6.45) is 1.07. The molecule has 5 heteroatoms. The predicted octanol–water partition coefficient (Wildman–Crippen LogP) is 2.49. The average molecular weight is 252 g/mol. The first kappa shape index (κ1) is 12.1. The molecule has 1 amide bonds. The zero-order valence-corrected chi connectivity index (χ0v) is 10.8. The maximum atomic E-state index is 11.2. The number of ether oxygens (including phenoxy) is 1. The van der Waals surface area contributed by atoms with E-state index in [1.54, 1.807) is 17.8 Å². The maximum absolute atomic E-state index is 11.2. The standard InChI is InChI=1S/C12H16N2O2S/c1-3-7(2)17-11-5-9-10(4-8(11)13)16-6-12(15)14-9/h4-5,7H,3,6,13H2,1-2H3,(H,14,15). The van der Waals surface area contributed by atoms with Crippen molar-refractivity contribution < 1.29 is 9.53 Å². The van der Waals surface area contributed by atoms with E-state index < -0.39 is 0 Å².